The molecule has 0 aliphatic carbocycles. The minimum Gasteiger partial charge on any atom is -0.355 e. The van der Waals surface area contributed by atoms with Crippen molar-refractivity contribution in [3.63, 3.8) is 0 Å². The quantitative estimate of drug-likeness (QED) is 0.197. The number of aromatic nitrogens is 1. The molecule has 0 spiro atoms. The van der Waals surface area contributed by atoms with Crippen LogP contribution < -0.4 is 5.32 Å². The van der Waals surface area contributed by atoms with Crippen molar-refractivity contribution >= 4 is 50.9 Å². The van der Waals surface area contributed by atoms with Crippen molar-refractivity contribution < 1.29 is 4.79 Å². The normalized spacial score (nSPS) is 11.2. The third kappa shape index (κ3) is 4.77. The van der Waals surface area contributed by atoms with Gasteiger partial charge in [-0.3, -0.25) is 4.79 Å². The molecule has 1 amide bonds. The van der Waals surface area contributed by atoms with E-state index in [1.807, 2.05) is 54.6 Å². The maximum Gasteiger partial charge on any atom is 0.224 e. The summed E-state index contributed by atoms with van der Waals surface area (Å²) in [5.74, 6) is 0.827. The summed E-state index contributed by atoms with van der Waals surface area (Å²) in [6.45, 7) is 0.605. The Labute approximate surface area is 202 Å². The average molecular weight is 471 g/mol. The van der Waals surface area contributed by atoms with Crippen LogP contribution in [0.3, 0.4) is 0 Å². The number of amides is 1. The van der Waals surface area contributed by atoms with Crippen molar-refractivity contribution in [2.45, 2.75) is 11.3 Å². The summed E-state index contributed by atoms with van der Waals surface area (Å²) in [7, 11) is 0. The minimum atomic E-state index is 0.0452. The molecule has 5 heteroatoms. The summed E-state index contributed by atoms with van der Waals surface area (Å²) in [6, 6.07) is 30.5. The van der Waals surface area contributed by atoms with E-state index in [9.17, 15) is 4.79 Å². The van der Waals surface area contributed by atoms with Gasteiger partial charge in [-0.25, -0.2) is 0 Å². The highest BCUT2D eigenvalue weighted by Crippen LogP contribution is 2.37. The van der Waals surface area contributed by atoms with Crippen molar-refractivity contribution in [3.8, 4) is 11.3 Å². The smallest absolute Gasteiger partial charge is 0.224 e. The lowest BCUT2D eigenvalue weighted by Crippen LogP contribution is -2.27. The van der Waals surface area contributed by atoms with Gasteiger partial charge in [-0.2, -0.15) is 0 Å². The van der Waals surface area contributed by atoms with Crippen molar-refractivity contribution in [1.29, 1.82) is 0 Å². The van der Waals surface area contributed by atoms with Gasteiger partial charge in [0.2, 0.25) is 5.91 Å². The van der Waals surface area contributed by atoms with Crippen molar-refractivity contribution in [1.82, 2.24) is 10.3 Å². The number of hydrogen-bond acceptors (Lipinski definition) is 2. The molecule has 4 aromatic carbocycles. The Hall–Kier alpha value is -3.21. The second-order valence-corrected chi connectivity index (χ2v) is 9.44. The first kappa shape index (κ1) is 21.6. The molecule has 3 nitrogen and oxygen atoms in total. The van der Waals surface area contributed by atoms with Gasteiger partial charge in [0, 0.05) is 33.1 Å². The molecule has 2 N–H and O–H groups in total. The lowest BCUT2D eigenvalue weighted by Gasteiger charge is -2.09. The highest BCUT2D eigenvalue weighted by atomic mass is 35.5. The number of thioether (sulfide) groups is 1. The number of H-pyrrole nitrogens is 1. The number of nitrogens with one attached hydrogen (secondary N) is 2. The van der Waals surface area contributed by atoms with Gasteiger partial charge in [-0.1, -0.05) is 84.4 Å². The number of rotatable bonds is 7. The van der Waals surface area contributed by atoms with Crippen LogP contribution in [0, 0.1) is 0 Å². The molecular weight excluding hydrogens is 448 g/mol. The molecule has 1 heterocycles. The van der Waals surface area contributed by atoms with Gasteiger partial charge in [0.1, 0.15) is 0 Å². The van der Waals surface area contributed by atoms with E-state index in [0.717, 1.165) is 43.9 Å². The molecule has 5 rings (SSSR count). The zero-order valence-corrected chi connectivity index (χ0v) is 19.5. The van der Waals surface area contributed by atoms with E-state index in [2.05, 4.69) is 46.7 Å². The second-order valence-electron chi connectivity index (χ2n) is 7.90. The maximum atomic E-state index is 12.6. The number of fused-ring (bicyclic) bond motifs is 2. The highest BCUT2D eigenvalue weighted by molar-refractivity contribution is 7.99. The number of aromatic amines is 1. The van der Waals surface area contributed by atoms with Gasteiger partial charge in [-0.15, -0.1) is 11.8 Å². The monoisotopic (exact) mass is 470 g/mol. The topological polar surface area (TPSA) is 44.9 Å². The zero-order chi connectivity index (χ0) is 22.6. The summed E-state index contributed by atoms with van der Waals surface area (Å²) in [4.78, 5) is 17.4. The van der Waals surface area contributed by atoms with Crippen LogP contribution in [0.15, 0.2) is 95.9 Å². The Morgan fingerprint density at radius 3 is 2.42 bits per heavy atom. The first-order chi connectivity index (χ1) is 16.2. The summed E-state index contributed by atoms with van der Waals surface area (Å²) in [5, 5.41) is 7.29. The van der Waals surface area contributed by atoms with E-state index in [1.165, 1.54) is 10.3 Å². The fourth-order valence-corrected chi connectivity index (χ4v) is 5.29. The molecule has 0 radical (unpaired) electrons. The first-order valence-electron chi connectivity index (χ1n) is 10.9. The maximum absolute atomic E-state index is 12.6. The molecule has 0 atom stereocenters. The fourth-order valence-electron chi connectivity index (χ4n) is 4.11. The molecule has 0 aliphatic heterocycles. The molecule has 33 heavy (non-hydrogen) atoms. The molecule has 0 unspecified atom stereocenters. The van der Waals surface area contributed by atoms with Gasteiger partial charge in [-0.05, 0) is 40.1 Å². The molecule has 0 fully saturated rings. The predicted octanol–water partition coefficient (Wildman–Crippen LogP) is 7.09. The van der Waals surface area contributed by atoms with Crippen LogP contribution in [0.2, 0.25) is 5.02 Å². The number of hydrogen-bond donors (Lipinski definition) is 2. The molecule has 0 saturated heterocycles. The van der Waals surface area contributed by atoms with Gasteiger partial charge in [0.05, 0.1) is 12.1 Å². The number of carbonyl (C=O) groups excluding carboxylic acids is 1. The van der Waals surface area contributed by atoms with Crippen LogP contribution in [0.5, 0.6) is 0 Å². The van der Waals surface area contributed by atoms with E-state index < -0.39 is 0 Å². The molecular formula is C28H23ClN2OS. The van der Waals surface area contributed by atoms with Crippen molar-refractivity contribution in [3.05, 3.63) is 102 Å². The van der Waals surface area contributed by atoms with Gasteiger partial charge in [0.15, 0.2) is 0 Å². The first-order valence-corrected chi connectivity index (χ1v) is 12.3. The molecule has 164 valence electrons. The van der Waals surface area contributed by atoms with Gasteiger partial charge in [0.25, 0.3) is 0 Å². The second kappa shape index (κ2) is 9.74. The Balaban J connectivity index is 1.26. The van der Waals surface area contributed by atoms with Crippen LogP contribution >= 0.6 is 23.4 Å². The average Bonchev–Trinajstić information content (AvgIpc) is 3.21. The molecule has 1 aromatic heterocycles. The van der Waals surface area contributed by atoms with Crippen LogP contribution in [0.25, 0.3) is 32.9 Å². The van der Waals surface area contributed by atoms with E-state index in [0.29, 0.717) is 13.0 Å². The van der Waals surface area contributed by atoms with Gasteiger partial charge < -0.3 is 10.3 Å². The third-order valence-corrected chi connectivity index (χ3v) is 7.07. The zero-order valence-electron chi connectivity index (χ0n) is 18.0. The van der Waals surface area contributed by atoms with Gasteiger partial charge >= 0.3 is 0 Å². The van der Waals surface area contributed by atoms with E-state index in [4.69, 9.17) is 11.6 Å². The molecule has 0 aliphatic rings. The Morgan fingerprint density at radius 1 is 0.848 bits per heavy atom. The summed E-state index contributed by atoms with van der Waals surface area (Å²) >= 11 is 7.84. The highest BCUT2D eigenvalue weighted by Gasteiger charge is 2.14. The van der Waals surface area contributed by atoms with Crippen molar-refractivity contribution in [2.24, 2.45) is 0 Å². The Kier molecular flexibility index (Phi) is 6.38. The molecule has 5 aromatic rings. The molecule has 0 saturated carbocycles. The standard InChI is InChI=1S/C28H23ClN2OS/c29-22-14-12-20(13-15-22)27-28(24-10-3-4-11-25(24)31-27)33-17-16-30-26(32)18-21-8-5-7-19-6-1-2-9-23(19)21/h1-15,31H,16-18H2,(H,30,32). The number of carbonyl (C=O) groups is 1. The SMILES string of the molecule is O=C(Cc1cccc2ccccc12)NCCSc1c(-c2ccc(Cl)cc2)[nH]c2ccccc12. The number of halogens is 1. The van der Waals surface area contributed by atoms with E-state index in [1.54, 1.807) is 11.8 Å². The summed E-state index contributed by atoms with van der Waals surface area (Å²) in [6.07, 6.45) is 0.384. The Morgan fingerprint density at radius 2 is 1.58 bits per heavy atom. The van der Waals surface area contributed by atoms with Crippen LogP contribution in [-0.2, 0) is 11.2 Å². The van der Waals surface area contributed by atoms with Crippen LogP contribution in [-0.4, -0.2) is 23.2 Å². The Bertz CT molecular complexity index is 1420. The van der Waals surface area contributed by atoms with E-state index >= 15 is 0 Å². The minimum absolute atomic E-state index is 0.0452. The van der Waals surface area contributed by atoms with Crippen molar-refractivity contribution in [2.75, 3.05) is 12.3 Å². The summed E-state index contributed by atoms with van der Waals surface area (Å²) in [5.41, 5.74) is 4.34. The predicted molar refractivity (Wildman–Crippen MR) is 140 cm³/mol. The lowest BCUT2D eigenvalue weighted by atomic mass is 10.0. The van der Waals surface area contributed by atoms with Crippen LogP contribution in [0.4, 0.5) is 0 Å². The third-order valence-electron chi connectivity index (χ3n) is 5.69. The molecule has 0 bridgehead atoms. The van der Waals surface area contributed by atoms with E-state index in [-0.39, 0.29) is 5.91 Å². The lowest BCUT2D eigenvalue weighted by molar-refractivity contribution is -0.120. The number of benzene rings is 4. The fraction of sp³-hybridized carbons (Fsp3) is 0.107. The summed E-state index contributed by atoms with van der Waals surface area (Å²) < 4.78 is 0. The van der Waals surface area contributed by atoms with Crippen LogP contribution in [0.1, 0.15) is 5.56 Å². The number of para-hydroxylation sites is 1. The largest absolute Gasteiger partial charge is 0.355 e.